The van der Waals surface area contributed by atoms with Crippen molar-refractivity contribution in [3.05, 3.63) is 82.9 Å². The van der Waals surface area contributed by atoms with E-state index in [0.29, 0.717) is 23.3 Å². The van der Waals surface area contributed by atoms with Gasteiger partial charge in [0.05, 0.1) is 48.1 Å². The van der Waals surface area contributed by atoms with Crippen LogP contribution in [0.15, 0.2) is 90.5 Å². The number of hydrogen-bond donors (Lipinski definition) is 8. The number of nitrogens with one attached hydrogen (secondary N) is 2. The van der Waals surface area contributed by atoms with Crippen LogP contribution in [0.25, 0.3) is 23.3 Å². The van der Waals surface area contributed by atoms with Crippen LogP contribution in [0.4, 0.5) is 22.7 Å². The zero-order valence-electron chi connectivity index (χ0n) is 30.3. The summed E-state index contributed by atoms with van der Waals surface area (Å²) in [4.78, 5) is 22.6. The lowest BCUT2D eigenvalue weighted by Crippen LogP contribution is -2.23. The van der Waals surface area contributed by atoms with Gasteiger partial charge in [-0.15, -0.1) is 0 Å². The molecular formula is C34H28N6O16S4. The van der Waals surface area contributed by atoms with Crippen LogP contribution in [0.5, 0.6) is 11.5 Å². The lowest BCUT2D eigenvalue weighted by atomic mass is 9.93. The highest BCUT2D eigenvalue weighted by Gasteiger charge is 2.35. The molecule has 0 aromatic heterocycles. The molecule has 0 amide bonds. The van der Waals surface area contributed by atoms with Crippen LogP contribution >= 0.6 is 0 Å². The molecule has 4 aromatic rings. The van der Waals surface area contributed by atoms with Gasteiger partial charge in [-0.25, -0.2) is 0 Å². The first-order valence-electron chi connectivity index (χ1n) is 16.2. The van der Waals surface area contributed by atoms with E-state index >= 15 is 0 Å². The van der Waals surface area contributed by atoms with E-state index < -0.39 is 105 Å². The Morgan fingerprint density at radius 1 is 0.517 bits per heavy atom. The highest BCUT2D eigenvalue weighted by molar-refractivity contribution is 7.87. The van der Waals surface area contributed by atoms with Crippen molar-refractivity contribution in [2.24, 2.45) is 10.2 Å². The fraction of sp³-hybridized carbons (Fsp3) is 0.0588. The molecule has 314 valence electrons. The first-order chi connectivity index (χ1) is 27.9. The minimum absolute atomic E-state index is 0.190. The summed E-state index contributed by atoms with van der Waals surface area (Å²) in [6, 6.07) is 10.3. The molecule has 0 spiro atoms. The number of carbonyl (C=O) groups is 2. The van der Waals surface area contributed by atoms with Gasteiger partial charge in [-0.1, -0.05) is 24.3 Å². The largest absolute Gasteiger partial charge is 0.494 e. The highest BCUT2D eigenvalue weighted by Crippen LogP contribution is 2.38. The molecule has 0 fully saturated rings. The summed E-state index contributed by atoms with van der Waals surface area (Å²) in [6.45, 7) is 0. The molecule has 26 heteroatoms. The van der Waals surface area contributed by atoms with E-state index in [1.807, 2.05) is 0 Å². The fourth-order valence-electron chi connectivity index (χ4n) is 6.08. The highest BCUT2D eigenvalue weighted by atomic mass is 32.2. The second kappa shape index (κ2) is 15.3. The van der Waals surface area contributed by atoms with Crippen LogP contribution in [0.2, 0.25) is 0 Å². The van der Waals surface area contributed by atoms with Crippen molar-refractivity contribution in [2.75, 3.05) is 36.5 Å². The summed E-state index contributed by atoms with van der Waals surface area (Å²) in [5, 5.41) is 8.08. The summed E-state index contributed by atoms with van der Waals surface area (Å²) in [6.07, 6.45) is 4.29. The van der Waals surface area contributed by atoms with Gasteiger partial charge in [-0.05, 0) is 59.7 Å². The standard InChI is InChI=1S/C34H28N6O16S4/c1-55-23-11-15(3-7-19(23)37-39-21-9-5-17-25(57(43,44)45)13-27(59(49,50)51)31(35)29(17)33(21)41)16-4-8-20(24(12-16)56-2)38-40-22-10-6-18-26(58(46,47)48)14-28(60(52,53)54)32(36)30(18)34(22)42/h3-14,37-38H,35-36H2,1-2H3,(H,43,44,45)(H,46,47,48)(H,49,50,51)(H,52,53,54)/b39-21+,40-22+. The van der Waals surface area contributed by atoms with E-state index in [1.165, 1.54) is 26.4 Å². The van der Waals surface area contributed by atoms with Crippen molar-refractivity contribution in [3.8, 4) is 22.6 Å². The van der Waals surface area contributed by atoms with Crippen molar-refractivity contribution < 1.29 is 70.9 Å². The number of nitrogens with two attached hydrogens (primary N) is 2. The number of fused-ring (bicyclic) bond motifs is 2. The third kappa shape index (κ3) is 8.07. The molecule has 0 saturated carbocycles. The van der Waals surface area contributed by atoms with E-state index in [4.69, 9.17) is 20.9 Å². The zero-order chi connectivity index (χ0) is 44.3. The van der Waals surface area contributed by atoms with Crippen LogP contribution in [-0.4, -0.2) is 89.1 Å². The minimum Gasteiger partial charge on any atom is -0.494 e. The summed E-state index contributed by atoms with van der Waals surface area (Å²) < 4.78 is 145. The summed E-state index contributed by atoms with van der Waals surface area (Å²) >= 11 is 0. The van der Waals surface area contributed by atoms with Crippen LogP contribution in [0, 0.1) is 0 Å². The van der Waals surface area contributed by atoms with E-state index in [0.717, 1.165) is 24.3 Å². The summed E-state index contributed by atoms with van der Waals surface area (Å²) in [5.41, 5.74) is 14.0. The Morgan fingerprint density at radius 3 is 1.15 bits per heavy atom. The number of ketones is 2. The van der Waals surface area contributed by atoms with Gasteiger partial charge in [0, 0.05) is 11.1 Å². The number of allylic oxidation sites excluding steroid dienone is 2. The molecule has 6 rings (SSSR count). The number of methoxy groups -OCH3 is 2. The first kappa shape index (κ1) is 43.1. The van der Waals surface area contributed by atoms with Crippen molar-refractivity contribution in [2.45, 2.75) is 19.6 Å². The van der Waals surface area contributed by atoms with E-state index in [1.54, 1.807) is 24.3 Å². The molecule has 0 saturated heterocycles. The average Bonchev–Trinajstić information content (AvgIpc) is 3.15. The van der Waals surface area contributed by atoms with Crippen molar-refractivity contribution in [3.63, 3.8) is 0 Å². The number of anilines is 4. The number of Topliss-reactive ketones (excluding diaryl/α,β-unsaturated/α-hetero) is 2. The molecule has 4 aromatic carbocycles. The van der Waals surface area contributed by atoms with Gasteiger partial charge in [0.2, 0.25) is 11.6 Å². The van der Waals surface area contributed by atoms with Gasteiger partial charge < -0.3 is 20.9 Å². The second-order valence-corrected chi connectivity index (χ2v) is 18.0. The Hall–Kier alpha value is -6.52. The van der Waals surface area contributed by atoms with E-state index in [2.05, 4.69) is 21.1 Å². The molecule has 0 unspecified atom stereocenters. The van der Waals surface area contributed by atoms with Crippen molar-refractivity contribution in [1.29, 1.82) is 0 Å². The number of carbonyl (C=O) groups excluding carboxylic acids is 2. The Balaban J connectivity index is 1.27. The lowest BCUT2D eigenvalue weighted by molar-refractivity contribution is 0.105. The number of hydrazone groups is 2. The van der Waals surface area contributed by atoms with E-state index in [-0.39, 0.29) is 34.3 Å². The molecule has 0 aliphatic heterocycles. The summed E-state index contributed by atoms with van der Waals surface area (Å²) in [5.74, 6) is -1.72. The van der Waals surface area contributed by atoms with Gasteiger partial charge in [0.1, 0.15) is 42.5 Å². The van der Waals surface area contributed by atoms with Crippen LogP contribution in [0.1, 0.15) is 31.8 Å². The van der Waals surface area contributed by atoms with Gasteiger partial charge in [0.25, 0.3) is 40.5 Å². The van der Waals surface area contributed by atoms with Crippen molar-refractivity contribution in [1.82, 2.24) is 0 Å². The number of rotatable bonds is 11. The molecule has 0 heterocycles. The summed E-state index contributed by atoms with van der Waals surface area (Å²) in [7, 11) is -17.8. The number of benzene rings is 4. The Labute approximate surface area is 339 Å². The minimum atomic E-state index is -5.15. The normalized spacial score (nSPS) is 15.5. The number of nitrogens with zero attached hydrogens (tertiary/aromatic N) is 2. The number of nitrogen functional groups attached to an aromatic ring is 2. The van der Waals surface area contributed by atoms with Crippen LogP contribution in [-0.2, 0) is 40.5 Å². The predicted octanol–water partition coefficient (Wildman–Crippen LogP) is 2.88. The van der Waals surface area contributed by atoms with Gasteiger partial charge in [-0.2, -0.15) is 43.9 Å². The Kier molecular flexibility index (Phi) is 11.0. The monoisotopic (exact) mass is 904 g/mol. The van der Waals surface area contributed by atoms with Crippen molar-refractivity contribution >= 4 is 98.4 Å². The average molecular weight is 905 g/mol. The maximum atomic E-state index is 13.4. The maximum absolute atomic E-state index is 13.4. The molecule has 10 N–H and O–H groups in total. The molecule has 0 radical (unpaired) electrons. The Morgan fingerprint density at radius 2 is 0.850 bits per heavy atom. The smallest absolute Gasteiger partial charge is 0.296 e. The third-order valence-corrected chi connectivity index (χ3v) is 12.4. The quantitative estimate of drug-likeness (QED) is 0.0609. The maximum Gasteiger partial charge on any atom is 0.296 e. The third-order valence-electron chi connectivity index (χ3n) is 8.84. The molecular weight excluding hydrogens is 877 g/mol. The molecule has 0 atom stereocenters. The number of hydrogen-bond acceptors (Lipinski definition) is 18. The Bertz CT molecular complexity index is 2970. The molecule has 60 heavy (non-hydrogen) atoms. The molecule has 2 aliphatic carbocycles. The predicted molar refractivity (Wildman–Crippen MR) is 215 cm³/mol. The topological polar surface area (TPSA) is 371 Å². The SMILES string of the molecule is COc1cc(-c2ccc(N/N=C3\C=Cc4c(S(=O)(=O)O)cc(S(=O)(=O)O)c(N)c4C3=O)c(OC)c2)ccc1N/N=C1\C=Cc2c(S(=O)(=O)O)cc(S(=O)(=O)O)c(N)c2C1=O. The van der Waals surface area contributed by atoms with Crippen LogP contribution in [0.3, 0.4) is 0 Å². The molecule has 2 aliphatic rings. The fourth-order valence-corrected chi connectivity index (χ4v) is 8.95. The lowest BCUT2D eigenvalue weighted by Gasteiger charge is -2.18. The van der Waals surface area contributed by atoms with Gasteiger partial charge >= 0.3 is 0 Å². The van der Waals surface area contributed by atoms with Crippen LogP contribution < -0.4 is 31.8 Å². The van der Waals surface area contributed by atoms with Gasteiger partial charge in [0.15, 0.2) is 0 Å². The van der Waals surface area contributed by atoms with Gasteiger partial charge in [-0.3, -0.25) is 38.7 Å². The number of ether oxygens (including phenoxy) is 2. The zero-order valence-corrected chi connectivity index (χ0v) is 33.6. The first-order valence-corrected chi connectivity index (χ1v) is 21.9. The molecule has 22 nitrogen and oxygen atoms in total. The van der Waals surface area contributed by atoms with E-state index in [9.17, 15) is 61.5 Å². The second-order valence-electron chi connectivity index (χ2n) is 12.4. The molecule has 0 bridgehead atoms.